The van der Waals surface area contributed by atoms with Crippen molar-refractivity contribution in [2.24, 2.45) is 0 Å². The summed E-state index contributed by atoms with van der Waals surface area (Å²) in [5.41, 5.74) is 0.700. The molecule has 1 heterocycles. The summed E-state index contributed by atoms with van der Waals surface area (Å²) in [5.74, 6) is 0. The first kappa shape index (κ1) is 15.0. The van der Waals surface area contributed by atoms with Gasteiger partial charge in [0.05, 0.1) is 21.0 Å². The predicted octanol–water partition coefficient (Wildman–Crippen LogP) is 3.13. The van der Waals surface area contributed by atoms with Crippen LogP contribution in [0.2, 0.25) is 0 Å². The van der Waals surface area contributed by atoms with Crippen LogP contribution in [0.1, 0.15) is 5.69 Å². The Bertz CT molecular complexity index is 1000. The molecule has 0 bridgehead atoms. The predicted molar refractivity (Wildman–Crippen MR) is 87.0 cm³/mol. The molecule has 3 aromatic rings. The molecule has 0 amide bonds. The van der Waals surface area contributed by atoms with E-state index in [2.05, 4.69) is 0 Å². The molecule has 0 fully saturated rings. The van der Waals surface area contributed by atoms with Crippen LogP contribution >= 0.6 is 0 Å². The van der Waals surface area contributed by atoms with Gasteiger partial charge in [-0.05, 0) is 24.3 Å². The molecule has 23 heavy (non-hydrogen) atoms. The lowest BCUT2D eigenvalue weighted by Crippen LogP contribution is -2.14. The monoisotopic (exact) mass is 328 g/mol. The normalized spacial score (nSPS) is 12.0. The zero-order chi connectivity index (χ0) is 16.4. The Labute approximate surface area is 132 Å². The third kappa shape index (κ3) is 2.74. The molecule has 1 aromatic heterocycles. The third-order valence-electron chi connectivity index (χ3n) is 3.34. The van der Waals surface area contributed by atoms with Crippen molar-refractivity contribution >= 4 is 27.0 Å². The van der Waals surface area contributed by atoms with Crippen molar-refractivity contribution in [3.05, 3.63) is 82.7 Å². The molecule has 3 rings (SSSR count). The number of benzene rings is 2. The van der Waals surface area contributed by atoms with Gasteiger partial charge in [0.15, 0.2) is 0 Å². The molecule has 0 atom stereocenters. The van der Waals surface area contributed by atoms with Gasteiger partial charge in [0, 0.05) is 11.5 Å². The van der Waals surface area contributed by atoms with Crippen LogP contribution < -0.4 is 0 Å². The maximum Gasteiger partial charge on any atom is 0.268 e. The van der Waals surface area contributed by atoms with E-state index in [1.54, 1.807) is 48.5 Å². The van der Waals surface area contributed by atoms with E-state index < -0.39 is 14.9 Å². The number of hydrogen-bond donors (Lipinski definition) is 0. The fourth-order valence-corrected chi connectivity index (χ4v) is 3.90. The number of nitrogens with zero attached hydrogens (tertiary/aromatic N) is 2. The molecule has 6 nitrogen and oxygen atoms in total. The Kier molecular flexibility index (Phi) is 3.71. The molecule has 0 spiro atoms. The lowest BCUT2D eigenvalue weighted by atomic mass is 10.2. The maximum atomic E-state index is 12.9. The Morgan fingerprint density at radius 2 is 1.65 bits per heavy atom. The maximum absolute atomic E-state index is 12.9. The lowest BCUT2D eigenvalue weighted by Gasteiger charge is -2.09. The van der Waals surface area contributed by atoms with E-state index in [1.807, 2.05) is 0 Å². The highest BCUT2D eigenvalue weighted by Crippen LogP contribution is 2.26. The molecule has 0 saturated heterocycles. The fraction of sp³-hybridized carbons (Fsp3) is 0. The standard InChI is InChI=1S/C16H12N2O4S/c19-17(20)11-10-14-12-13-6-4-5-9-16(13)18(14)23(21,22)15-7-2-1-3-8-15/h1-12H/b11-10+. The van der Waals surface area contributed by atoms with E-state index >= 15 is 0 Å². The third-order valence-corrected chi connectivity index (χ3v) is 5.10. The van der Waals surface area contributed by atoms with Crippen LogP contribution in [-0.2, 0) is 10.0 Å². The minimum absolute atomic E-state index is 0.122. The van der Waals surface area contributed by atoms with Gasteiger partial charge in [-0.15, -0.1) is 0 Å². The molecule has 7 heteroatoms. The molecule has 0 radical (unpaired) electrons. The Morgan fingerprint density at radius 3 is 2.35 bits per heavy atom. The average Bonchev–Trinajstić information content (AvgIpc) is 2.93. The van der Waals surface area contributed by atoms with E-state index in [1.165, 1.54) is 18.2 Å². The second-order valence-electron chi connectivity index (χ2n) is 4.81. The van der Waals surface area contributed by atoms with Gasteiger partial charge >= 0.3 is 0 Å². The summed E-state index contributed by atoms with van der Waals surface area (Å²) in [4.78, 5) is 10.1. The molecule has 0 N–H and O–H groups in total. The van der Waals surface area contributed by atoms with Gasteiger partial charge < -0.3 is 0 Å². The van der Waals surface area contributed by atoms with Gasteiger partial charge in [-0.3, -0.25) is 10.1 Å². The zero-order valence-electron chi connectivity index (χ0n) is 11.9. The number of rotatable bonds is 4. The summed E-state index contributed by atoms with van der Waals surface area (Å²) >= 11 is 0. The van der Waals surface area contributed by atoms with Crippen LogP contribution in [0.25, 0.3) is 17.0 Å². The van der Waals surface area contributed by atoms with E-state index in [0.29, 0.717) is 10.9 Å². The largest absolute Gasteiger partial charge is 0.268 e. The quantitative estimate of drug-likeness (QED) is 0.544. The first-order valence-corrected chi connectivity index (χ1v) is 8.17. The molecule has 116 valence electrons. The molecular weight excluding hydrogens is 316 g/mol. The number of aromatic nitrogens is 1. The number of hydrogen-bond acceptors (Lipinski definition) is 4. The Morgan fingerprint density at radius 1 is 1.00 bits per heavy atom. The van der Waals surface area contributed by atoms with Gasteiger partial charge in [0.1, 0.15) is 0 Å². The topological polar surface area (TPSA) is 82.2 Å². The molecule has 0 saturated carbocycles. The van der Waals surface area contributed by atoms with E-state index in [4.69, 9.17) is 0 Å². The van der Waals surface area contributed by atoms with E-state index in [-0.39, 0.29) is 10.6 Å². The molecule has 0 aliphatic rings. The number of fused-ring (bicyclic) bond motifs is 1. The summed E-state index contributed by atoms with van der Waals surface area (Å²) in [6.45, 7) is 0. The minimum atomic E-state index is -3.86. The van der Waals surface area contributed by atoms with Crippen LogP contribution in [0.5, 0.6) is 0 Å². The van der Waals surface area contributed by atoms with Crippen molar-refractivity contribution in [1.82, 2.24) is 3.97 Å². The van der Waals surface area contributed by atoms with Crippen LogP contribution in [0.15, 0.2) is 71.8 Å². The van der Waals surface area contributed by atoms with Crippen LogP contribution in [0.3, 0.4) is 0 Å². The number of para-hydroxylation sites is 1. The molecule has 2 aromatic carbocycles. The fourth-order valence-electron chi connectivity index (χ4n) is 2.37. The molecular formula is C16H12N2O4S. The molecule has 0 unspecified atom stereocenters. The van der Waals surface area contributed by atoms with Crippen molar-refractivity contribution < 1.29 is 13.3 Å². The highest BCUT2D eigenvalue weighted by molar-refractivity contribution is 7.90. The van der Waals surface area contributed by atoms with Gasteiger partial charge in [0.2, 0.25) is 6.20 Å². The van der Waals surface area contributed by atoms with Gasteiger partial charge in [-0.2, -0.15) is 0 Å². The SMILES string of the molecule is O=[N+]([O-])/C=C/c1cc2ccccc2n1S(=O)(=O)c1ccccc1. The van der Waals surface area contributed by atoms with Gasteiger partial charge in [-0.25, -0.2) is 12.4 Å². The second-order valence-corrected chi connectivity index (χ2v) is 6.60. The van der Waals surface area contributed by atoms with Crippen LogP contribution in [0.4, 0.5) is 0 Å². The minimum Gasteiger partial charge on any atom is -0.259 e. The Hall–Kier alpha value is -2.93. The summed E-state index contributed by atoms with van der Waals surface area (Å²) in [6.07, 6.45) is 1.91. The second kappa shape index (κ2) is 5.69. The van der Waals surface area contributed by atoms with Gasteiger partial charge in [0.25, 0.3) is 10.0 Å². The van der Waals surface area contributed by atoms with Crippen molar-refractivity contribution in [2.75, 3.05) is 0 Å². The van der Waals surface area contributed by atoms with Crippen LogP contribution in [0, 0.1) is 10.1 Å². The zero-order valence-corrected chi connectivity index (χ0v) is 12.7. The van der Waals surface area contributed by atoms with E-state index in [9.17, 15) is 18.5 Å². The highest BCUT2D eigenvalue weighted by atomic mass is 32.2. The lowest BCUT2D eigenvalue weighted by molar-refractivity contribution is -0.401. The van der Waals surface area contributed by atoms with E-state index in [0.717, 1.165) is 10.2 Å². The summed E-state index contributed by atoms with van der Waals surface area (Å²) in [5, 5.41) is 11.3. The average molecular weight is 328 g/mol. The summed E-state index contributed by atoms with van der Waals surface area (Å²) in [7, 11) is -3.86. The first-order chi connectivity index (χ1) is 11.0. The molecule has 0 aliphatic heterocycles. The van der Waals surface area contributed by atoms with Crippen LogP contribution in [-0.4, -0.2) is 17.3 Å². The first-order valence-electron chi connectivity index (χ1n) is 6.73. The Balaban J connectivity index is 2.31. The van der Waals surface area contributed by atoms with Crippen molar-refractivity contribution in [2.45, 2.75) is 4.90 Å². The summed E-state index contributed by atoms with van der Waals surface area (Å²) in [6, 6.07) is 16.5. The summed E-state index contributed by atoms with van der Waals surface area (Å²) < 4.78 is 27.0. The van der Waals surface area contributed by atoms with Gasteiger partial charge in [-0.1, -0.05) is 36.4 Å². The van der Waals surface area contributed by atoms with Crippen molar-refractivity contribution in [3.8, 4) is 0 Å². The molecule has 0 aliphatic carbocycles. The van der Waals surface area contributed by atoms with Crippen molar-refractivity contribution in [1.29, 1.82) is 0 Å². The number of nitro groups is 1. The highest BCUT2D eigenvalue weighted by Gasteiger charge is 2.22. The van der Waals surface area contributed by atoms with Crippen molar-refractivity contribution in [3.63, 3.8) is 0 Å². The smallest absolute Gasteiger partial charge is 0.259 e.